The molecule has 0 bridgehead atoms. The first kappa shape index (κ1) is 13.5. The number of fused-ring (bicyclic) bond motifs is 1. The summed E-state index contributed by atoms with van der Waals surface area (Å²) in [5.74, 6) is 1.57. The van der Waals surface area contributed by atoms with Crippen LogP contribution in [0, 0.1) is 0 Å². The van der Waals surface area contributed by atoms with Crippen LogP contribution in [-0.4, -0.2) is 23.2 Å². The van der Waals surface area contributed by atoms with Gasteiger partial charge in [0, 0.05) is 10.5 Å². The second-order valence-corrected chi connectivity index (χ2v) is 5.63. The summed E-state index contributed by atoms with van der Waals surface area (Å²) in [6.07, 6.45) is 2.29. The SMILES string of the molecule is CCc1c(Cl)ncnc1Sc1ccc2c(c1)OCCO2. The van der Waals surface area contributed by atoms with Gasteiger partial charge in [-0.2, -0.15) is 0 Å². The normalized spacial score (nSPS) is 13.3. The van der Waals surface area contributed by atoms with Gasteiger partial charge < -0.3 is 9.47 Å². The number of hydrogen-bond donors (Lipinski definition) is 0. The maximum Gasteiger partial charge on any atom is 0.162 e. The number of aromatic nitrogens is 2. The molecule has 1 aliphatic rings. The van der Waals surface area contributed by atoms with Crippen molar-refractivity contribution in [2.75, 3.05) is 13.2 Å². The molecular weight excluding hydrogens is 296 g/mol. The fourth-order valence-corrected chi connectivity index (χ4v) is 3.27. The van der Waals surface area contributed by atoms with Crippen molar-refractivity contribution in [3.05, 3.63) is 35.2 Å². The van der Waals surface area contributed by atoms with Crippen molar-refractivity contribution in [3.63, 3.8) is 0 Å². The molecule has 104 valence electrons. The molecule has 20 heavy (non-hydrogen) atoms. The summed E-state index contributed by atoms with van der Waals surface area (Å²) in [4.78, 5) is 9.37. The van der Waals surface area contributed by atoms with Crippen LogP contribution >= 0.6 is 23.4 Å². The number of benzene rings is 1. The topological polar surface area (TPSA) is 44.2 Å². The van der Waals surface area contributed by atoms with Crippen LogP contribution in [-0.2, 0) is 6.42 Å². The van der Waals surface area contributed by atoms with Crippen LogP contribution in [0.1, 0.15) is 12.5 Å². The van der Waals surface area contributed by atoms with Crippen LogP contribution in [0.15, 0.2) is 34.4 Å². The lowest BCUT2D eigenvalue weighted by molar-refractivity contribution is 0.171. The van der Waals surface area contributed by atoms with Gasteiger partial charge in [0.2, 0.25) is 0 Å². The first-order valence-electron chi connectivity index (χ1n) is 6.35. The van der Waals surface area contributed by atoms with Crippen molar-refractivity contribution >= 4 is 23.4 Å². The molecule has 0 aliphatic carbocycles. The van der Waals surface area contributed by atoms with E-state index < -0.39 is 0 Å². The van der Waals surface area contributed by atoms with Gasteiger partial charge in [-0.15, -0.1) is 0 Å². The molecule has 0 saturated heterocycles. The van der Waals surface area contributed by atoms with Gasteiger partial charge in [-0.25, -0.2) is 9.97 Å². The lowest BCUT2D eigenvalue weighted by Gasteiger charge is -2.18. The third-order valence-electron chi connectivity index (χ3n) is 2.93. The third-order valence-corrected chi connectivity index (χ3v) is 4.30. The molecule has 1 aliphatic heterocycles. The molecule has 1 aromatic carbocycles. The Morgan fingerprint density at radius 2 is 2.00 bits per heavy atom. The Bertz CT molecular complexity index is 637. The Morgan fingerprint density at radius 1 is 1.20 bits per heavy atom. The molecule has 0 saturated carbocycles. The summed E-state index contributed by atoms with van der Waals surface area (Å²) in [6, 6.07) is 5.88. The number of nitrogens with zero attached hydrogens (tertiary/aromatic N) is 2. The average Bonchev–Trinajstić information content (AvgIpc) is 2.47. The molecule has 0 fully saturated rings. The molecule has 0 amide bonds. The predicted molar refractivity (Wildman–Crippen MR) is 78.0 cm³/mol. The molecule has 2 heterocycles. The standard InChI is InChI=1S/C14H13ClN2O2S/c1-2-10-13(15)16-8-17-14(10)20-9-3-4-11-12(7-9)19-6-5-18-11/h3-4,7-8H,2,5-6H2,1H3. The predicted octanol–water partition coefficient (Wildman–Crippen LogP) is 3.61. The van der Waals surface area contributed by atoms with Crippen LogP contribution in [0.25, 0.3) is 0 Å². The molecule has 0 N–H and O–H groups in total. The molecule has 0 spiro atoms. The maximum absolute atomic E-state index is 6.10. The van der Waals surface area contributed by atoms with E-state index in [4.69, 9.17) is 21.1 Å². The Hall–Kier alpha value is -1.46. The van der Waals surface area contributed by atoms with E-state index in [2.05, 4.69) is 9.97 Å². The van der Waals surface area contributed by atoms with Gasteiger partial charge in [-0.1, -0.05) is 30.3 Å². The number of halogens is 1. The fraction of sp³-hybridized carbons (Fsp3) is 0.286. The highest BCUT2D eigenvalue weighted by Gasteiger charge is 2.14. The smallest absolute Gasteiger partial charge is 0.162 e. The van der Waals surface area contributed by atoms with Crippen LogP contribution < -0.4 is 9.47 Å². The highest BCUT2D eigenvalue weighted by atomic mass is 35.5. The van der Waals surface area contributed by atoms with E-state index in [0.717, 1.165) is 33.4 Å². The van der Waals surface area contributed by atoms with Gasteiger partial charge >= 0.3 is 0 Å². The van der Waals surface area contributed by atoms with Gasteiger partial charge in [0.05, 0.1) is 0 Å². The minimum atomic E-state index is 0.516. The van der Waals surface area contributed by atoms with E-state index in [-0.39, 0.29) is 0 Å². The Kier molecular flexibility index (Phi) is 3.98. The summed E-state index contributed by atoms with van der Waals surface area (Å²) in [6.45, 7) is 3.22. The summed E-state index contributed by atoms with van der Waals surface area (Å²) in [7, 11) is 0. The van der Waals surface area contributed by atoms with E-state index in [1.165, 1.54) is 6.33 Å². The van der Waals surface area contributed by atoms with E-state index in [1.807, 2.05) is 25.1 Å². The average molecular weight is 309 g/mol. The van der Waals surface area contributed by atoms with Crippen LogP contribution in [0.4, 0.5) is 0 Å². The molecule has 1 aromatic heterocycles. The van der Waals surface area contributed by atoms with Crippen LogP contribution in [0.2, 0.25) is 5.15 Å². The molecule has 0 atom stereocenters. The monoisotopic (exact) mass is 308 g/mol. The summed E-state index contributed by atoms with van der Waals surface area (Å²) in [5.41, 5.74) is 0.967. The minimum absolute atomic E-state index is 0.516. The van der Waals surface area contributed by atoms with Crippen molar-refractivity contribution in [3.8, 4) is 11.5 Å². The molecule has 6 heteroatoms. The van der Waals surface area contributed by atoms with Crippen molar-refractivity contribution < 1.29 is 9.47 Å². The van der Waals surface area contributed by atoms with E-state index >= 15 is 0 Å². The molecule has 2 aromatic rings. The number of hydrogen-bond acceptors (Lipinski definition) is 5. The number of ether oxygens (including phenoxy) is 2. The van der Waals surface area contributed by atoms with Crippen LogP contribution in [0.3, 0.4) is 0 Å². The van der Waals surface area contributed by atoms with E-state index in [0.29, 0.717) is 18.4 Å². The lowest BCUT2D eigenvalue weighted by atomic mass is 10.3. The highest BCUT2D eigenvalue weighted by Crippen LogP contribution is 2.37. The van der Waals surface area contributed by atoms with Crippen molar-refractivity contribution in [1.29, 1.82) is 0 Å². The zero-order chi connectivity index (χ0) is 13.9. The molecule has 0 radical (unpaired) electrons. The molecular formula is C14H13ClN2O2S. The van der Waals surface area contributed by atoms with E-state index in [1.54, 1.807) is 11.8 Å². The van der Waals surface area contributed by atoms with Gasteiger partial charge in [0.1, 0.15) is 29.7 Å². The third kappa shape index (κ3) is 2.69. The van der Waals surface area contributed by atoms with Gasteiger partial charge in [-0.3, -0.25) is 0 Å². The molecule has 3 rings (SSSR count). The first-order chi connectivity index (χ1) is 9.78. The lowest BCUT2D eigenvalue weighted by Crippen LogP contribution is -2.15. The van der Waals surface area contributed by atoms with Crippen molar-refractivity contribution in [2.45, 2.75) is 23.3 Å². The van der Waals surface area contributed by atoms with Gasteiger partial charge in [-0.05, 0) is 24.6 Å². The van der Waals surface area contributed by atoms with E-state index in [9.17, 15) is 0 Å². The number of rotatable bonds is 3. The molecule has 4 nitrogen and oxygen atoms in total. The van der Waals surface area contributed by atoms with Gasteiger partial charge in [0.25, 0.3) is 0 Å². The molecule has 0 unspecified atom stereocenters. The zero-order valence-electron chi connectivity index (χ0n) is 10.9. The minimum Gasteiger partial charge on any atom is -0.486 e. The summed E-state index contributed by atoms with van der Waals surface area (Å²) < 4.78 is 11.1. The van der Waals surface area contributed by atoms with Crippen molar-refractivity contribution in [1.82, 2.24) is 9.97 Å². The Balaban J connectivity index is 1.90. The van der Waals surface area contributed by atoms with Gasteiger partial charge in [0.15, 0.2) is 11.5 Å². The van der Waals surface area contributed by atoms with Crippen LogP contribution in [0.5, 0.6) is 11.5 Å². The summed E-state index contributed by atoms with van der Waals surface area (Å²) in [5, 5.41) is 1.40. The summed E-state index contributed by atoms with van der Waals surface area (Å²) >= 11 is 7.66. The largest absolute Gasteiger partial charge is 0.486 e. The Morgan fingerprint density at radius 3 is 2.80 bits per heavy atom. The second kappa shape index (κ2) is 5.89. The zero-order valence-corrected chi connectivity index (χ0v) is 12.5. The Labute approximate surface area is 126 Å². The first-order valence-corrected chi connectivity index (χ1v) is 7.54. The quantitative estimate of drug-likeness (QED) is 0.810. The second-order valence-electron chi connectivity index (χ2n) is 4.21. The van der Waals surface area contributed by atoms with Crippen molar-refractivity contribution in [2.24, 2.45) is 0 Å². The fourth-order valence-electron chi connectivity index (χ4n) is 1.96. The maximum atomic E-state index is 6.10. The highest BCUT2D eigenvalue weighted by molar-refractivity contribution is 7.99.